The van der Waals surface area contributed by atoms with Crippen LogP contribution in [0.3, 0.4) is 0 Å². The van der Waals surface area contributed by atoms with Gasteiger partial charge in [-0.15, -0.1) is 0 Å². The summed E-state index contributed by atoms with van der Waals surface area (Å²) >= 11 is 0. The standard InChI is InChI=1S/C22H19NO5/c1-3-9-27-21-19(24)16-10-13(22(25)26)7-8-18(16)28-20(21)15-11-14(15)17-6-4-5-12(2)23-17/h3-8,10,14-15H,1,9,11H2,2H3,(H,25,26)/t14-,15-/m1/s1. The quantitative estimate of drug-likeness (QED) is 0.652. The lowest BCUT2D eigenvalue weighted by molar-refractivity contribution is 0.0697. The molecule has 0 amide bonds. The van der Waals surface area contributed by atoms with E-state index in [1.165, 1.54) is 18.2 Å². The molecule has 1 aliphatic carbocycles. The summed E-state index contributed by atoms with van der Waals surface area (Å²) in [6.07, 6.45) is 2.36. The number of rotatable bonds is 6. The van der Waals surface area contributed by atoms with Crippen LogP contribution in [0.25, 0.3) is 11.0 Å². The number of pyridine rings is 1. The van der Waals surface area contributed by atoms with Crippen molar-refractivity contribution in [1.29, 1.82) is 0 Å². The van der Waals surface area contributed by atoms with E-state index in [-0.39, 0.29) is 40.6 Å². The van der Waals surface area contributed by atoms with Crippen LogP contribution in [-0.2, 0) is 0 Å². The molecule has 0 bridgehead atoms. The van der Waals surface area contributed by atoms with Crippen LogP contribution in [0.2, 0.25) is 0 Å². The topological polar surface area (TPSA) is 89.6 Å². The molecule has 0 aliphatic heterocycles. The van der Waals surface area contributed by atoms with E-state index < -0.39 is 5.97 Å². The van der Waals surface area contributed by atoms with Gasteiger partial charge in [-0.3, -0.25) is 9.78 Å². The van der Waals surface area contributed by atoms with Crippen molar-refractivity contribution in [3.8, 4) is 5.75 Å². The summed E-state index contributed by atoms with van der Waals surface area (Å²) in [5.74, 6) is -0.354. The van der Waals surface area contributed by atoms with Gasteiger partial charge in [0.15, 0.2) is 5.76 Å². The maximum Gasteiger partial charge on any atom is 0.335 e. The Morgan fingerprint density at radius 2 is 2.18 bits per heavy atom. The van der Waals surface area contributed by atoms with E-state index in [9.17, 15) is 14.7 Å². The molecular formula is C22H19NO5. The summed E-state index contributed by atoms with van der Waals surface area (Å²) in [4.78, 5) is 28.8. The molecule has 0 unspecified atom stereocenters. The van der Waals surface area contributed by atoms with Gasteiger partial charge in [0.05, 0.1) is 10.9 Å². The van der Waals surface area contributed by atoms with Crippen molar-refractivity contribution in [2.24, 2.45) is 0 Å². The van der Waals surface area contributed by atoms with Crippen LogP contribution in [0.5, 0.6) is 5.75 Å². The van der Waals surface area contributed by atoms with E-state index >= 15 is 0 Å². The Balaban J connectivity index is 1.81. The fourth-order valence-corrected chi connectivity index (χ4v) is 3.43. The van der Waals surface area contributed by atoms with E-state index in [2.05, 4.69) is 11.6 Å². The molecule has 0 saturated heterocycles. The van der Waals surface area contributed by atoms with Crippen LogP contribution in [0.4, 0.5) is 0 Å². The van der Waals surface area contributed by atoms with E-state index in [0.717, 1.165) is 17.8 Å². The molecule has 6 nitrogen and oxygen atoms in total. The van der Waals surface area contributed by atoms with Crippen LogP contribution in [0.15, 0.2) is 58.3 Å². The number of benzene rings is 1. The first kappa shape index (κ1) is 18.0. The first-order valence-electron chi connectivity index (χ1n) is 9.01. The minimum absolute atomic E-state index is 0.00892. The van der Waals surface area contributed by atoms with Crippen LogP contribution in [0, 0.1) is 6.92 Å². The van der Waals surface area contributed by atoms with Gasteiger partial charge in [-0.2, -0.15) is 0 Å². The minimum atomic E-state index is -1.10. The van der Waals surface area contributed by atoms with Crippen molar-refractivity contribution < 1.29 is 19.1 Å². The Morgan fingerprint density at radius 3 is 2.89 bits per heavy atom. The predicted molar refractivity (Wildman–Crippen MR) is 104 cm³/mol. The van der Waals surface area contributed by atoms with Gasteiger partial charge in [0.25, 0.3) is 0 Å². The van der Waals surface area contributed by atoms with Gasteiger partial charge in [0.1, 0.15) is 12.2 Å². The second-order valence-electron chi connectivity index (χ2n) is 6.89. The summed E-state index contributed by atoms with van der Waals surface area (Å²) in [6.45, 7) is 5.72. The summed E-state index contributed by atoms with van der Waals surface area (Å²) in [5, 5.41) is 9.39. The molecule has 4 rings (SSSR count). The van der Waals surface area contributed by atoms with Crippen molar-refractivity contribution in [3.63, 3.8) is 0 Å². The number of carbonyl (C=O) groups is 1. The molecule has 2 atom stereocenters. The molecule has 0 radical (unpaired) electrons. The molecule has 6 heteroatoms. The second-order valence-corrected chi connectivity index (χ2v) is 6.89. The fraction of sp³-hybridized carbons (Fsp3) is 0.227. The highest BCUT2D eigenvalue weighted by Gasteiger charge is 2.45. The van der Waals surface area contributed by atoms with Gasteiger partial charge < -0.3 is 14.3 Å². The van der Waals surface area contributed by atoms with Crippen molar-refractivity contribution in [3.05, 3.63) is 82.0 Å². The van der Waals surface area contributed by atoms with Crippen molar-refractivity contribution in [2.45, 2.75) is 25.2 Å². The first-order valence-corrected chi connectivity index (χ1v) is 9.01. The Labute approximate surface area is 161 Å². The molecule has 2 heterocycles. The zero-order valence-corrected chi connectivity index (χ0v) is 15.3. The number of hydrogen-bond acceptors (Lipinski definition) is 5. The third-order valence-electron chi connectivity index (χ3n) is 4.88. The van der Waals surface area contributed by atoms with Crippen molar-refractivity contribution in [2.75, 3.05) is 6.61 Å². The zero-order chi connectivity index (χ0) is 19.8. The van der Waals surface area contributed by atoms with Gasteiger partial charge in [-0.25, -0.2) is 4.79 Å². The molecule has 2 aromatic heterocycles. The van der Waals surface area contributed by atoms with E-state index in [1.54, 1.807) is 6.08 Å². The number of aromatic carboxylic acids is 1. The summed E-state index contributed by atoms with van der Waals surface area (Å²) < 4.78 is 11.7. The van der Waals surface area contributed by atoms with Crippen LogP contribution in [0.1, 0.15) is 45.8 Å². The van der Waals surface area contributed by atoms with Gasteiger partial charge >= 0.3 is 5.97 Å². The smallest absolute Gasteiger partial charge is 0.335 e. The molecule has 0 spiro atoms. The summed E-state index contributed by atoms with van der Waals surface area (Å²) in [5.41, 5.74) is 1.90. The Morgan fingerprint density at radius 1 is 1.36 bits per heavy atom. The first-order chi connectivity index (χ1) is 13.5. The number of nitrogens with zero attached hydrogens (tertiary/aromatic N) is 1. The maximum absolute atomic E-state index is 13.0. The maximum atomic E-state index is 13.0. The molecule has 1 fully saturated rings. The lowest BCUT2D eigenvalue weighted by atomic mass is 10.1. The van der Waals surface area contributed by atoms with E-state index in [1.807, 2.05) is 25.1 Å². The molecule has 1 aromatic carbocycles. The molecule has 1 N–H and O–H groups in total. The summed E-state index contributed by atoms with van der Waals surface area (Å²) in [6, 6.07) is 10.1. The zero-order valence-electron chi connectivity index (χ0n) is 15.3. The number of carboxylic acid groups (broad SMARTS) is 1. The van der Waals surface area contributed by atoms with E-state index in [4.69, 9.17) is 9.15 Å². The van der Waals surface area contributed by atoms with Gasteiger partial charge in [0, 0.05) is 23.2 Å². The van der Waals surface area contributed by atoms with Gasteiger partial charge in [-0.05, 0) is 43.7 Å². The van der Waals surface area contributed by atoms with Crippen molar-refractivity contribution >= 4 is 16.9 Å². The molecule has 1 aliphatic rings. The molecule has 1 saturated carbocycles. The van der Waals surface area contributed by atoms with Crippen LogP contribution in [-0.4, -0.2) is 22.7 Å². The fourth-order valence-electron chi connectivity index (χ4n) is 3.43. The van der Waals surface area contributed by atoms with Crippen molar-refractivity contribution in [1.82, 2.24) is 4.98 Å². The predicted octanol–water partition coefficient (Wildman–Crippen LogP) is 4.03. The number of aromatic nitrogens is 1. The Bertz CT molecular complexity index is 1150. The van der Waals surface area contributed by atoms with E-state index in [0.29, 0.717) is 11.3 Å². The lowest BCUT2D eigenvalue weighted by Gasteiger charge is -2.11. The van der Waals surface area contributed by atoms with Gasteiger partial charge in [-0.1, -0.05) is 18.7 Å². The molecular weight excluding hydrogens is 358 g/mol. The number of fused-ring (bicyclic) bond motifs is 1. The Hall–Kier alpha value is -3.41. The molecule has 142 valence electrons. The van der Waals surface area contributed by atoms with Gasteiger partial charge in [0.2, 0.25) is 11.2 Å². The van der Waals surface area contributed by atoms with Crippen LogP contribution < -0.4 is 10.2 Å². The highest BCUT2D eigenvalue weighted by atomic mass is 16.5. The number of hydrogen-bond donors (Lipinski definition) is 1. The SMILES string of the molecule is C=CCOc1c([C@@H]2C[C@H]2c2cccc(C)n2)oc2ccc(C(=O)O)cc2c1=O. The van der Waals surface area contributed by atoms with Crippen LogP contribution >= 0.6 is 0 Å². The Kier molecular flexibility index (Phi) is 4.47. The highest BCUT2D eigenvalue weighted by molar-refractivity contribution is 5.93. The molecule has 3 aromatic rings. The number of ether oxygens (including phenoxy) is 1. The lowest BCUT2D eigenvalue weighted by Crippen LogP contribution is -2.12. The third-order valence-corrected chi connectivity index (χ3v) is 4.88. The average molecular weight is 377 g/mol. The highest BCUT2D eigenvalue weighted by Crippen LogP contribution is 2.56. The number of aryl methyl sites for hydroxylation is 1. The third kappa shape index (κ3) is 3.17. The normalized spacial score (nSPS) is 18.0. The summed E-state index contributed by atoms with van der Waals surface area (Å²) in [7, 11) is 0. The largest absolute Gasteiger partial charge is 0.482 e. The number of carboxylic acids is 1. The second kappa shape index (κ2) is 6.96. The average Bonchev–Trinajstić information content (AvgIpc) is 3.47. The molecule has 28 heavy (non-hydrogen) atoms. The monoisotopic (exact) mass is 377 g/mol. The minimum Gasteiger partial charge on any atom is -0.482 e.